The topological polar surface area (TPSA) is 106 Å². The maximum absolute atomic E-state index is 13.2. The van der Waals surface area contributed by atoms with Gasteiger partial charge in [0.25, 0.3) is 5.91 Å². The molecule has 0 saturated heterocycles. The minimum atomic E-state index is -0.380. The van der Waals surface area contributed by atoms with Crippen molar-refractivity contribution >= 4 is 23.2 Å². The van der Waals surface area contributed by atoms with Crippen molar-refractivity contribution in [3.8, 4) is 11.3 Å². The van der Waals surface area contributed by atoms with E-state index in [1.165, 1.54) is 18.3 Å². The van der Waals surface area contributed by atoms with E-state index in [0.717, 1.165) is 12.0 Å². The number of carbonyl (C=O) groups is 1. The third-order valence-electron chi connectivity index (χ3n) is 4.77. The number of anilines is 3. The number of halogens is 1. The number of aromatic nitrogens is 3. The first-order chi connectivity index (χ1) is 15.6. The number of amides is 1. The molecule has 7 nitrogen and oxygen atoms in total. The average molecular weight is 428 g/mol. The number of nitrogen functional groups attached to an aromatic ring is 1. The SMILES string of the molecule is Nc1ccc(-c2ccc(F)cc2)nc1NC(=O)c1ccc(NCCc2cccnc2)nc1. The second kappa shape index (κ2) is 9.65. The maximum atomic E-state index is 13.2. The average Bonchev–Trinajstić information content (AvgIpc) is 2.82. The lowest BCUT2D eigenvalue weighted by Gasteiger charge is -2.10. The number of nitrogens with two attached hydrogens (primary N) is 1. The Hall–Kier alpha value is -4.33. The van der Waals surface area contributed by atoms with Gasteiger partial charge in [0.15, 0.2) is 5.82 Å². The molecule has 3 aromatic heterocycles. The summed E-state index contributed by atoms with van der Waals surface area (Å²) in [5, 5.41) is 5.93. The van der Waals surface area contributed by atoms with Gasteiger partial charge < -0.3 is 16.4 Å². The maximum Gasteiger partial charge on any atom is 0.258 e. The zero-order chi connectivity index (χ0) is 22.3. The quantitative estimate of drug-likeness (QED) is 0.408. The summed E-state index contributed by atoms with van der Waals surface area (Å²) in [6.45, 7) is 0.695. The summed E-state index contributed by atoms with van der Waals surface area (Å²) in [5.41, 5.74) is 9.09. The molecule has 1 amide bonds. The molecule has 3 heterocycles. The lowest BCUT2D eigenvalue weighted by Crippen LogP contribution is -2.15. The van der Waals surface area contributed by atoms with Gasteiger partial charge in [0.05, 0.1) is 16.9 Å². The number of benzene rings is 1. The summed E-state index contributed by atoms with van der Waals surface area (Å²) in [6.07, 6.45) is 5.87. The highest BCUT2D eigenvalue weighted by Gasteiger charge is 2.12. The van der Waals surface area contributed by atoms with Crippen molar-refractivity contribution in [1.82, 2.24) is 15.0 Å². The predicted octanol–water partition coefficient (Wildman–Crippen LogP) is 4.17. The van der Waals surface area contributed by atoms with E-state index in [0.29, 0.717) is 34.9 Å². The van der Waals surface area contributed by atoms with E-state index in [1.807, 2.05) is 18.3 Å². The Balaban J connectivity index is 1.39. The van der Waals surface area contributed by atoms with Crippen molar-refractivity contribution in [2.24, 2.45) is 0 Å². The van der Waals surface area contributed by atoms with Gasteiger partial charge in [0.2, 0.25) is 0 Å². The number of carbonyl (C=O) groups excluding carboxylic acids is 1. The second-order valence-corrected chi connectivity index (χ2v) is 7.07. The molecule has 0 fully saturated rings. The van der Waals surface area contributed by atoms with E-state index in [4.69, 9.17) is 5.73 Å². The Morgan fingerprint density at radius 3 is 2.56 bits per heavy atom. The van der Waals surface area contributed by atoms with Crippen LogP contribution in [0.2, 0.25) is 0 Å². The molecule has 0 radical (unpaired) electrons. The monoisotopic (exact) mass is 428 g/mol. The molecular formula is C24H21FN6O. The zero-order valence-corrected chi connectivity index (χ0v) is 17.1. The first-order valence-corrected chi connectivity index (χ1v) is 10.0. The van der Waals surface area contributed by atoms with Crippen LogP contribution in [0.25, 0.3) is 11.3 Å². The first-order valence-electron chi connectivity index (χ1n) is 10.0. The molecule has 0 atom stereocenters. The van der Waals surface area contributed by atoms with Crippen LogP contribution in [0.3, 0.4) is 0 Å². The Morgan fingerprint density at radius 1 is 1.00 bits per heavy atom. The largest absolute Gasteiger partial charge is 0.396 e. The lowest BCUT2D eigenvalue weighted by molar-refractivity contribution is 0.102. The summed E-state index contributed by atoms with van der Waals surface area (Å²) in [5.74, 6) is 0.187. The van der Waals surface area contributed by atoms with Crippen LogP contribution in [0.4, 0.5) is 21.7 Å². The van der Waals surface area contributed by atoms with E-state index in [9.17, 15) is 9.18 Å². The first kappa shape index (κ1) is 20.9. The van der Waals surface area contributed by atoms with Gasteiger partial charge in [0, 0.05) is 30.7 Å². The molecular weight excluding hydrogens is 407 g/mol. The minimum absolute atomic E-state index is 0.232. The Labute approximate surface area is 184 Å². The standard InChI is InChI=1S/C24H21FN6O/c25-19-6-3-17(4-7-19)21-9-8-20(26)23(30-21)31-24(32)18-5-10-22(29-15-18)28-13-11-16-2-1-12-27-14-16/h1-10,12,14-15H,11,13,26H2,(H,28,29)(H,30,31,32). The minimum Gasteiger partial charge on any atom is -0.396 e. The van der Waals surface area contributed by atoms with Crippen LogP contribution in [0.5, 0.6) is 0 Å². The molecule has 0 aliphatic rings. The van der Waals surface area contributed by atoms with Crippen LogP contribution < -0.4 is 16.4 Å². The van der Waals surface area contributed by atoms with Crippen LogP contribution in [0.15, 0.2) is 79.3 Å². The zero-order valence-electron chi connectivity index (χ0n) is 17.1. The highest BCUT2D eigenvalue weighted by atomic mass is 19.1. The molecule has 0 aliphatic heterocycles. The molecule has 32 heavy (non-hydrogen) atoms. The lowest BCUT2D eigenvalue weighted by atomic mass is 10.1. The van der Waals surface area contributed by atoms with Gasteiger partial charge in [-0.25, -0.2) is 14.4 Å². The van der Waals surface area contributed by atoms with Crippen molar-refractivity contribution in [2.45, 2.75) is 6.42 Å². The summed E-state index contributed by atoms with van der Waals surface area (Å²) in [6, 6.07) is 16.6. The molecule has 4 rings (SSSR count). The van der Waals surface area contributed by atoms with Crippen LogP contribution in [-0.2, 0) is 6.42 Å². The van der Waals surface area contributed by atoms with Gasteiger partial charge in [-0.05, 0) is 66.6 Å². The van der Waals surface area contributed by atoms with Crippen LogP contribution in [0, 0.1) is 5.82 Å². The Kier molecular flexibility index (Phi) is 6.31. The van der Waals surface area contributed by atoms with Gasteiger partial charge in [-0.2, -0.15) is 0 Å². The molecule has 0 spiro atoms. The summed E-state index contributed by atoms with van der Waals surface area (Å²) in [7, 11) is 0. The highest BCUT2D eigenvalue weighted by Crippen LogP contribution is 2.24. The predicted molar refractivity (Wildman–Crippen MR) is 123 cm³/mol. The Morgan fingerprint density at radius 2 is 1.84 bits per heavy atom. The van der Waals surface area contributed by atoms with E-state index in [1.54, 1.807) is 42.6 Å². The number of rotatable bonds is 7. The molecule has 0 unspecified atom stereocenters. The third kappa shape index (κ3) is 5.23. The number of nitrogens with one attached hydrogen (secondary N) is 2. The smallest absolute Gasteiger partial charge is 0.258 e. The van der Waals surface area contributed by atoms with E-state index in [2.05, 4.69) is 25.6 Å². The highest BCUT2D eigenvalue weighted by molar-refractivity contribution is 6.05. The summed E-state index contributed by atoms with van der Waals surface area (Å²) in [4.78, 5) is 25.4. The van der Waals surface area contributed by atoms with Crippen molar-refractivity contribution in [1.29, 1.82) is 0 Å². The number of nitrogens with zero attached hydrogens (tertiary/aromatic N) is 3. The fraction of sp³-hybridized carbons (Fsp3) is 0.0833. The van der Waals surface area contributed by atoms with Crippen molar-refractivity contribution in [3.63, 3.8) is 0 Å². The van der Waals surface area contributed by atoms with Gasteiger partial charge in [-0.1, -0.05) is 6.07 Å². The number of hydrogen-bond acceptors (Lipinski definition) is 6. The number of pyridine rings is 3. The van der Waals surface area contributed by atoms with E-state index in [-0.39, 0.29) is 17.5 Å². The molecule has 0 bridgehead atoms. The van der Waals surface area contributed by atoms with Crippen molar-refractivity contribution < 1.29 is 9.18 Å². The molecule has 8 heteroatoms. The van der Waals surface area contributed by atoms with Crippen LogP contribution in [0.1, 0.15) is 15.9 Å². The van der Waals surface area contributed by atoms with Crippen LogP contribution >= 0.6 is 0 Å². The van der Waals surface area contributed by atoms with Crippen molar-refractivity contribution in [2.75, 3.05) is 22.9 Å². The summed E-state index contributed by atoms with van der Waals surface area (Å²) >= 11 is 0. The van der Waals surface area contributed by atoms with E-state index >= 15 is 0 Å². The Bertz CT molecular complexity index is 1200. The van der Waals surface area contributed by atoms with Gasteiger partial charge >= 0.3 is 0 Å². The molecule has 0 aliphatic carbocycles. The summed E-state index contributed by atoms with van der Waals surface area (Å²) < 4.78 is 13.2. The fourth-order valence-corrected chi connectivity index (χ4v) is 3.04. The number of hydrogen-bond donors (Lipinski definition) is 3. The van der Waals surface area contributed by atoms with Crippen molar-refractivity contribution in [3.05, 3.63) is 96.2 Å². The third-order valence-corrected chi connectivity index (χ3v) is 4.77. The fourth-order valence-electron chi connectivity index (χ4n) is 3.04. The normalized spacial score (nSPS) is 10.5. The van der Waals surface area contributed by atoms with Crippen LogP contribution in [-0.4, -0.2) is 27.4 Å². The van der Waals surface area contributed by atoms with Gasteiger partial charge in [-0.15, -0.1) is 0 Å². The van der Waals surface area contributed by atoms with E-state index < -0.39 is 0 Å². The van der Waals surface area contributed by atoms with Gasteiger partial charge in [0.1, 0.15) is 11.6 Å². The molecule has 4 aromatic rings. The molecule has 160 valence electrons. The molecule has 4 N–H and O–H groups in total. The van der Waals surface area contributed by atoms with Gasteiger partial charge in [-0.3, -0.25) is 9.78 Å². The second-order valence-electron chi connectivity index (χ2n) is 7.07. The molecule has 0 saturated carbocycles. The molecule has 1 aromatic carbocycles.